The Balaban J connectivity index is 0.000000188. The fraction of sp³-hybridized carbons (Fsp3) is 0.909. The standard InChI is InChI=1S/C8H13F.C8H16.C6H12O2/c1-6-3-4-7(2)8(9)5-6;1-7-3-5-8(2)6-4-7;1-5-3-7-6(2)8-4-5/h6H,3-5H2,1-2H3;7-8H,3-6H2,1-2H3;5-6H,3-4H2,1-2H3. The Morgan fingerprint density at radius 3 is 1.56 bits per heavy atom. The van der Waals surface area contributed by atoms with E-state index < -0.39 is 0 Å². The normalized spacial score (nSPS) is 35.9. The van der Waals surface area contributed by atoms with E-state index in [1.54, 1.807) is 0 Å². The van der Waals surface area contributed by atoms with E-state index >= 15 is 0 Å². The van der Waals surface area contributed by atoms with Gasteiger partial charge in [0.1, 0.15) is 0 Å². The van der Waals surface area contributed by atoms with Gasteiger partial charge in [-0.05, 0) is 50.0 Å². The van der Waals surface area contributed by atoms with Gasteiger partial charge in [0.05, 0.1) is 19.0 Å². The van der Waals surface area contributed by atoms with E-state index in [0.29, 0.717) is 18.3 Å². The first-order valence-electron chi connectivity index (χ1n) is 10.3. The average Bonchev–Trinajstić information content (AvgIpc) is 2.58. The van der Waals surface area contributed by atoms with Crippen LogP contribution in [0.3, 0.4) is 0 Å². The fourth-order valence-corrected chi connectivity index (χ4v) is 3.30. The number of ether oxygens (including phenoxy) is 2. The molecule has 1 saturated heterocycles. The molecule has 0 N–H and O–H groups in total. The Bertz CT molecular complexity index is 337. The third-order valence-electron chi connectivity index (χ3n) is 5.54. The molecule has 2 fully saturated rings. The molecular weight excluding hydrogens is 315 g/mol. The topological polar surface area (TPSA) is 18.5 Å². The number of halogens is 1. The zero-order chi connectivity index (χ0) is 18.8. The molecule has 3 rings (SSSR count). The molecule has 2 nitrogen and oxygen atoms in total. The van der Waals surface area contributed by atoms with Gasteiger partial charge in [0.2, 0.25) is 0 Å². The molecule has 1 heterocycles. The molecule has 0 radical (unpaired) electrons. The molecule has 2 aliphatic carbocycles. The lowest BCUT2D eigenvalue weighted by Gasteiger charge is -2.24. The number of allylic oxidation sites excluding steroid dienone is 2. The molecule has 148 valence electrons. The largest absolute Gasteiger partial charge is 0.353 e. The SMILES string of the molecule is CC1=C(F)CC(C)CC1.CC1CCC(C)CC1.CC1COC(C)OC1. The van der Waals surface area contributed by atoms with Crippen LogP contribution in [0, 0.1) is 23.7 Å². The molecule has 25 heavy (non-hydrogen) atoms. The minimum atomic E-state index is 0.0196. The summed E-state index contributed by atoms with van der Waals surface area (Å²) in [4.78, 5) is 0. The van der Waals surface area contributed by atoms with E-state index in [9.17, 15) is 4.39 Å². The predicted molar refractivity (Wildman–Crippen MR) is 104 cm³/mol. The second-order valence-electron chi connectivity index (χ2n) is 8.74. The molecule has 3 heteroatoms. The molecule has 0 amide bonds. The zero-order valence-corrected chi connectivity index (χ0v) is 17.4. The molecule has 1 aliphatic heterocycles. The van der Waals surface area contributed by atoms with Crippen molar-refractivity contribution < 1.29 is 13.9 Å². The quantitative estimate of drug-likeness (QED) is 0.470. The van der Waals surface area contributed by atoms with Crippen LogP contribution in [-0.2, 0) is 9.47 Å². The van der Waals surface area contributed by atoms with Gasteiger partial charge in [-0.3, -0.25) is 0 Å². The van der Waals surface area contributed by atoms with Crippen LogP contribution in [0.15, 0.2) is 11.4 Å². The van der Waals surface area contributed by atoms with Gasteiger partial charge >= 0.3 is 0 Å². The third kappa shape index (κ3) is 10.4. The Morgan fingerprint density at radius 1 is 0.720 bits per heavy atom. The first kappa shape index (κ1) is 22.6. The maximum atomic E-state index is 12.7. The summed E-state index contributed by atoms with van der Waals surface area (Å²) in [6.45, 7) is 14.5. The van der Waals surface area contributed by atoms with Gasteiger partial charge in [-0.1, -0.05) is 53.4 Å². The van der Waals surface area contributed by atoms with Crippen LogP contribution in [0.5, 0.6) is 0 Å². The zero-order valence-electron chi connectivity index (χ0n) is 17.4. The number of hydrogen-bond donors (Lipinski definition) is 0. The highest BCUT2D eigenvalue weighted by atomic mass is 19.1. The minimum Gasteiger partial charge on any atom is -0.353 e. The highest BCUT2D eigenvalue weighted by Crippen LogP contribution is 2.29. The molecular formula is C22H41FO2. The summed E-state index contributed by atoms with van der Waals surface area (Å²) >= 11 is 0. The van der Waals surface area contributed by atoms with E-state index in [1.807, 2.05) is 13.8 Å². The molecule has 0 spiro atoms. The van der Waals surface area contributed by atoms with E-state index in [-0.39, 0.29) is 12.1 Å². The van der Waals surface area contributed by atoms with Crippen molar-refractivity contribution in [2.45, 2.75) is 92.8 Å². The van der Waals surface area contributed by atoms with Crippen molar-refractivity contribution in [3.63, 3.8) is 0 Å². The Hall–Kier alpha value is -0.410. The highest BCUT2D eigenvalue weighted by molar-refractivity contribution is 5.08. The van der Waals surface area contributed by atoms with E-state index in [2.05, 4.69) is 27.7 Å². The number of hydrogen-bond acceptors (Lipinski definition) is 2. The van der Waals surface area contributed by atoms with Crippen molar-refractivity contribution in [3.8, 4) is 0 Å². The summed E-state index contributed by atoms with van der Waals surface area (Å²) in [5, 5.41) is 0. The molecule has 1 unspecified atom stereocenters. The Labute approximate surface area is 155 Å². The smallest absolute Gasteiger partial charge is 0.154 e. The second-order valence-corrected chi connectivity index (χ2v) is 8.74. The maximum absolute atomic E-state index is 12.7. The summed E-state index contributed by atoms with van der Waals surface area (Å²) < 4.78 is 23.0. The third-order valence-corrected chi connectivity index (χ3v) is 5.54. The van der Waals surface area contributed by atoms with Gasteiger partial charge in [-0.15, -0.1) is 0 Å². The van der Waals surface area contributed by atoms with Gasteiger partial charge in [0.25, 0.3) is 0 Å². The van der Waals surface area contributed by atoms with Crippen molar-refractivity contribution >= 4 is 0 Å². The number of rotatable bonds is 0. The summed E-state index contributed by atoms with van der Waals surface area (Å²) in [5.41, 5.74) is 0.966. The van der Waals surface area contributed by atoms with Crippen LogP contribution in [0.1, 0.15) is 86.5 Å². The molecule has 1 saturated carbocycles. The lowest BCUT2D eigenvalue weighted by Crippen LogP contribution is -2.27. The lowest BCUT2D eigenvalue weighted by molar-refractivity contribution is -0.187. The van der Waals surface area contributed by atoms with Crippen LogP contribution in [0.25, 0.3) is 0 Å². The predicted octanol–water partition coefficient (Wildman–Crippen LogP) is 6.90. The molecule has 3 aliphatic rings. The average molecular weight is 357 g/mol. The van der Waals surface area contributed by atoms with Crippen LogP contribution in [-0.4, -0.2) is 19.5 Å². The Morgan fingerprint density at radius 2 is 1.20 bits per heavy atom. The molecule has 0 aromatic heterocycles. The first-order valence-corrected chi connectivity index (χ1v) is 10.3. The van der Waals surface area contributed by atoms with Gasteiger partial charge in [-0.25, -0.2) is 4.39 Å². The highest BCUT2D eigenvalue weighted by Gasteiger charge is 2.15. The first-order chi connectivity index (χ1) is 11.8. The van der Waals surface area contributed by atoms with Gasteiger partial charge < -0.3 is 9.47 Å². The molecule has 0 bridgehead atoms. The van der Waals surface area contributed by atoms with Crippen molar-refractivity contribution in [2.75, 3.05) is 13.2 Å². The maximum Gasteiger partial charge on any atom is 0.154 e. The summed E-state index contributed by atoms with van der Waals surface area (Å²) in [5.74, 6) is 3.31. The fourth-order valence-electron chi connectivity index (χ4n) is 3.30. The van der Waals surface area contributed by atoms with Crippen molar-refractivity contribution in [1.82, 2.24) is 0 Å². The Kier molecular flexibility index (Phi) is 10.9. The minimum absolute atomic E-state index is 0.0196. The van der Waals surface area contributed by atoms with Gasteiger partial charge in [-0.2, -0.15) is 0 Å². The van der Waals surface area contributed by atoms with Crippen molar-refractivity contribution in [2.24, 2.45) is 23.7 Å². The van der Waals surface area contributed by atoms with Crippen LogP contribution < -0.4 is 0 Å². The van der Waals surface area contributed by atoms with Crippen LogP contribution in [0.4, 0.5) is 4.39 Å². The molecule has 1 atom stereocenters. The van der Waals surface area contributed by atoms with Crippen molar-refractivity contribution in [1.29, 1.82) is 0 Å². The molecule has 0 aromatic carbocycles. The second kappa shape index (κ2) is 12.1. The molecule has 0 aromatic rings. The van der Waals surface area contributed by atoms with Gasteiger partial charge in [0.15, 0.2) is 6.29 Å². The van der Waals surface area contributed by atoms with Crippen LogP contribution in [0.2, 0.25) is 0 Å². The summed E-state index contributed by atoms with van der Waals surface area (Å²) in [6, 6.07) is 0. The summed E-state index contributed by atoms with van der Waals surface area (Å²) in [7, 11) is 0. The summed E-state index contributed by atoms with van der Waals surface area (Å²) in [6.07, 6.45) is 8.72. The lowest BCUT2D eigenvalue weighted by atomic mass is 9.84. The van der Waals surface area contributed by atoms with Crippen LogP contribution >= 0.6 is 0 Å². The van der Waals surface area contributed by atoms with E-state index in [0.717, 1.165) is 37.0 Å². The van der Waals surface area contributed by atoms with E-state index in [4.69, 9.17) is 9.47 Å². The van der Waals surface area contributed by atoms with Gasteiger partial charge in [0, 0.05) is 12.3 Å². The van der Waals surface area contributed by atoms with Crippen molar-refractivity contribution in [3.05, 3.63) is 11.4 Å². The monoisotopic (exact) mass is 356 g/mol. The van der Waals surface area contributed by atoms with E-state index in [1.165, 1.54) is 32.1 Å².